The molecular formula is C15H25NO3. The van der Waals surface area contributed by atoms with Crippen LogP contribution in [-0.4, -0.2) is 26.3 Å². The molecule has 0 aromatic heterocycles. The number of unbranched alkanes of at least 4 members (excludes halogenated alkanes) is 7. The van der Waals surface area contributed by atoms with Gasteiger partial charge in [-0.3, -0.25) is 4.79 Å². The number of nitrogens with zero attached hydrogens (tertiary/aromatic N) is 1. The van der Waals surface area contributed by atoms with Crippen LogP contribution in [0.3, 0.4) is 0 Å². The van der Waals surface area contributed by atoms with Crippen molar-refractivity contribution in [1.29, 1.82) is 5.26 Å². The van der Waals surface area contributed by atoms with Gasteiger partial charge in [0.25, 0.3) is 0 Å². The Morgan fingerprint density at radius 3 is 2.00 bits per heavy atom. The van der Waals surface area contributed by atoms with Gasteiger partial charge in [-0.05, 0) is 19.8 Å². The van der Waals surface area contributed by atoms with Gasteiger partial charge in [0.2, 0.25) is 0 Å². The van der Waals surface area contributed by atoms with Crippen LogP contribution in [-0.2, 0) is 14.3 Å². The Kier molecular flexibility index (Phi) is 12.6. The lowest BCUT2D eigenvalue weighted by Gasteiger charge is -2.05. The number of carbonyl (C=O) groups excluding carboxylic acids is 1. The normalized spacial score (nSPS) is 11.8. The maximum Gasteiger partial charge on any atom is 0.323 e. The molecule has 0 bridgehead atoms. The topological polar surface area (TPSA) is 59.3 Å². The smallest absolute Gasteiger partial charge is 0.323 e. The quantitative estimate of drug-likeness (QED) is 0.402. The molecule has 0 spiro atoms. The highest BCUT2D eigenvalue weighted by atomic mass is 16.5. The van der Waals surface area contributed by atoms with E-state index in [0.29, 0.717) is 6.61 Å². The summed E-state index contributed by atoms with van der Waals surface area (Å²) < 4.78 is 9.85. The molecule has 1 unspecified atom stereocenters. The van der Waals surface area contributed by atoms with Crippen LogP contribution in [0, 0.1) is 24.2 Å². The highest BCUT2D eigenvalue weighted by Crippen LogP contribution is 2.09. The Balaban J connectivity index is 3.15. The Morgan fingerprint density at radius 1 is 1.05 bits per heavy atom. The standard InChI is InChI=1S/C15H25NO3/c1-14(13-16)15(17)19-12-10-8-6-4-3-5-7-9-11-18-2/h1,14H,3-12H2,2H3. The van der Waals surface area contributed by atoms with Gasteiger partial charge in [0, 0.05) is 13.7 Å². The van der Waals surface area contributed by atoms with Crippen LogP contribution in [0.5, 0.6) is 0 Å². The van der Waals surface area contributed by atoms with Gasteiger partial charge in [-0.25, -0.2) is 0 Å². The third-order valence-electron chi connectivity index (χ3n) is 2.88. The summed E-state index contributed by atoms with van der Waals surface area (Å²) in [5.74, 6) is -1.77. The highest BCUT2D eigenvalue weighted by Gasteiger charge is 2.12. The summed E-state index contributed by atoms with van der Waals surface area (Å²) in [5, 5.41) is 8.40. The maximum absolute atomic E-state index is 11.1. The van der Waals surface area contributed by atoms with E-state index in [9.17, 15) is 4.79 Å². The van der Waals surface area contributed by atoms with Gasteiger partial charge in [-0.1, -0.05) is 38.5 Å². The van der Waals surface area contributed by atoms with Crippen molar-refractivity contribution < 1.29 is 14.3 Å². The minimum absolute atomic E-state index is 0.363. The van der Waals surface area contributed by atoms with Crippen LogP contribution in [0.4, 0.5) is 0 Å². The second-order valence-electron chi connectivity index (χ2n) is 4.60. The number of rotatable bonds is 12. The van der Waals surface area contributed by atoms with E-state index < -0.39 is 11.9 Å². The van der Waals surface area contributed by atoms with Crippen LogP contribution in [0.1, 0.15) is 51.4 Å². The molecule has 108 valence electrons. The third kappa shape index (κ3) is 11.7. The van der Waals surface area contributed by atoms with E-state index in [0.717, 1.165) is 32.3 Å². The maximum atomic E-state index is 11.1. The van der Waals surface area contributed by atoms with Crippen molar-refractivity contribution in [1.82, 2.24) is 0 Å². The number of carbonyl (C=O) groups is 1. The molecule has 0 heterocycles. The van der Waals surface area contributed by atoms with E-state index in [1.54, 1.807) is 13.2 Å². The first kappa shape index (κ1) is 17.9. The molecule has 0 aliphatic carbocycles. The summed E-state index contributed by atoms with van der Waals surface area (Å²) in [6.45, 7) is 6.42. The lowest BCUT2D eigenvalue weighted by molar-refractivity contribution is -0.145. The first-order chi connectivity index (χ1) is 9.22. The van der Waals surface area contributed by atoms with Crippen molar-refractivity contribution >= 4 is 5.97 Å². The lowest BCUT2D eigenvalue weighted by Crippen LogP contribution is -2.13. The molecule has 4 heteroatoms. The fourth-order valence-electron chi connectivity index (χ4n) is 1.72. The van der Waals surface area contributed by atoms with E-state index in [4.69, 9.17) is 21.7 Å². The summed E-state index contributed by atoms with van der Waals surface area (Å²) in [7, 11) is 1.73. The van der Waals surface area contributed by atoms with Gasteiger partial charge in [0.1, 0.15) is 5.92 Å². The van der Waals surface area contributed by atoms with Gasteiger partial charge >= 0.3 is 5.97 Å². The van der Waals surface area contributed by atoms with Crippen molar-refractivity contribution in [3.63, 3.8) is 0 Å². The zero-order valence-electron chi connectivity index (χ0n) is 11.9. The number of nitriles is 1. The number of methoxy groups -OCH3 is 1. The molecule has 0 N–H and O–H groups in total. The number of esters is 1. The molecule has 0 aromatic rings. The zero-order chi connectivity index (χ0) is 14.3. The van der Waals surface area contributed by atoms with E-state index in [-0.39, 0.29) is 0 Å². The predicted molar refractivity (Wildman–Crippen MR) is 73.2 cm³/mol. The van der Waals surface area contributed by atoms with Crippen molar-refractivity contribution in [2.75, 3.05) is 20.3 Å². The molecule has 19 heavy (non-hydrogen) atoms. The second kappa shape index (κ2) is 13.4. The average Bonchev–Trinajstić information content (AvgIpc) is 2.43. The summed E-state index contributed by atoms with van der Waals surface area (Å²) >= 11 is 0. The molecule has 0 rings (SSSR count). The van der Waals surface area contributed by atoms with Gasteiger partial charge in [-0.2, -0.15) is 5.26 Å². The van der Waals surface area contributed by atoms with Crippen LogP contribution < -0.4 is 0 Å². The Morgan fingerprint density at radius 2 is 1.53 bits per heavy atom. The van der Waals surface area contributed by atoms with Crippen molar-refractivity contribution in [3.05, 3.63) is 6.92 Å². The van der Waals surface area contributed by atoms with Gasteiger partial charge in [-0.15, -0.1) is 0 Å². The number of hydrogen-bond donors (Lipinski definition) is 0. The summed E-state index contributed by atoms with van der Waals surface area (Å²) in [6.07, 6.45) is 9.16. The Bertz CT molecular complexity index is 261. The van der Waals surface area contributed by atoms with Crippen LogP contribution in [0.25, 0.3) is 0 Å². The van der Waals surface area contributed by atoms with E-state index >= 15 is 0 Å². The summed E-state index contributed by atoms with van der Waals surface area (Å²) in [5.41, 5.74) is 0. The first-order valence-corrected chi connectivity index (χ1v) is 7.03. The second-order valence-corrected chi connectivity index (χ2v) is 4.60. The molecule has 0 aromatic carbocycles. The number of ether oxygens (including phenoxy) is 2. The van der Waals surface area contributed by atoms with Gasteiger partial charge in [0.15, 0.2) is 0 Å². The van der Waals surface area contributed by atoms with Gasteiger partial charge in [0.05, 0.1) is 12.7 Å². The highest BCUT2D eigenvalue weighted by molar-refractivity contribution is 5.75. The first-order valence-electron chi connectivity index (χ1n) is 7.03. The minimum Gasteiger partial charge on any atom is -0.465 e. The minimum atomic E-state index is -1.15. The molecular weight excluding hydrogens is 242 g/mol. The molecule has 0 aliphatic heterocycles. The fraction of sp³-hybridized carbons (Fsp3) is 0.800. The van der Waals surface area contributed by atoms with E-state index in [2.05, 4.69) is 0 Å². The number of hydrogen-bond acceptors (Lipinski definition) is 4. The van der Waals surface area contributed by atoms with Gasteiger partial charge < -0.3 is 9.47 Å². The molecule has 0 fully saturated rings. The molecule has 0 saturated heterocycles. The SMILES string of the molecule is [CH]C(C#N)C(=O)OCCCCCCCCCCOC. The molecule has 2 radical (unpaired) electrons. The monoisotopic (exact) mass is 267 g/mol. The molecule has 0 amide bonds. The van der Waals surface area contributed by atoms with Crippen LogP contribution in [0.2, 0.25) is 0 Å². The van der Waals surface area contributed by atoms with Crippen LogP contribution >= 0.6 is 0 Å². The zero-order valence-corrected chi connectivity index (χ0v) is 11.9. The van der Waals surface area contributed by atoms with Crippen LogP contribution in [0.15, 0.2) is 0 Å². The summed E-state index contributed by atoms with van der Waals surface area (Å²) in [6, 6.07) is 1.65. The molecule has 4 nitrogen and oxygen atoms in total. The molecule has 1 atom stereocenters. The third-order valence-corrected chi connectivity index (χ3v) is 2.88. The Hall–Kier alpha value is -1.08. The summed E-state index contributed by atoms with van der Waals surface area (Å²) in [4.78, 5) is 11.1. The average molecular weight is 267 g/mol. The fourth-order valence-corrected chi connectivity index (χ4v) is 1.72. The largest absolute Gasteiger partial charge is 0.465 e. The lowest BCUT2D eigenvalue weighted by atomic mass is 10.1. The molecule has 0 saturated carbocycles. The molecule has 0 aliphatic rings. The van der Waals surface area contributed by atoms with E-state index in [1.807, 2.05) is 0 Å². The predicted octanol–water partition coefficient (Wildman–Crippen LogP) is 3.15. The van der Waals surface area contributed by atoms with Crippen molar-refractivity contribution in [2.24, 2.45) is 5.92 Å². The Labute approximate surface area is 117 Å². The van der Waals surface area contributed by atoms with E-state index in [1.165, 1.54) is 25.7 Å². The van der Waals surface area contributed by atoms with Crippen molar-refractivity contribution in [2.45, 2.75) is 51.4 Å². The van der Waals surface area contributed by atoms with Crippen molar-refractivity contribution in [3.8, 4) is 6.07 Å².